The molecule has 2 N–H and O–H groups in total. The summed E-state index contributed by atoms with van der Waals surface area (Å²) in [5, 5.41) is 0.891. The van der Waals surface area contributed by atoms with E-state index in [9.17, 15) is 0 Å². The predicted octanol–water partition coefficient (Wildman–Crippen LogP) is -0.194. The van der Waals surface area contributed by atoms with Crippen molar-refractivity contribution >= 4 is 23.6 Å². The van der Waals surface area contributed by atoms with Gasteiger partial charge in [-0.3, -0.25) is 0 Å². The van der Waals surface area contributed by atoms with Crippen molar-refractivity contribution < 1.29 is 0 Å². The van der Waals surface area contributed by atoms with Gasteiger partial charge < -0.3 is 5.73 Å². The molecule has 1 aromatic rings. The molecule has 0 unspecified atom stereocenters. The third-order valence-corrected chi connectivity index (χ3v) is 1.86. The Labute approximate surface area is 63.0 Å². The second-order valence-corrected chi connectivity index (χ2v) is 2.56. The molecule has 0 radical (unpaired) electrons. The Kier molecular flexibility index (Phi) is 2.23. The third-order valence-electron chi connectivity index (χ3n) is 1.05. The molecule has 0 saturated carbocycles. The van der Waals surface area contributed by atoms with E-state index >= 15 is 0 Å². The number of allylic oxidation sites excluding steroid dienone is 1. The van der Waals surface area contributed by atoms with Gasteiger partial charge in [0, 0.05) is 6.20 Å². The first-order valence-corrected chi connectivity index (χ1v) is 3.70. The number of rotatable bonds is 1. The predicted molar refractivity (Wildman–Crippen MR) is 44.7 cm³/mol. The van der Waals surface area contributed by atoms with Crippen LogP contribution in [0.3, 0.4) is 0 Å². The summed E-state index contributed by atoms with van der Waals surface area (Å²) in [4.78, 5) is 4.06. The topological polar surface area (TPSA) is 38.9 Å². The molecule has 0 bridgehead atoms. The summed E-state index contributed by atoms with van der Waals surface area (Å²) < 4.78 is 0.986. The number of nitrogens with zero attached hydrogens (tertiary/aromatic N) is 1. The maximum Gasteiger partial charge on any atom is 0.0826 e. The molecule has 1 heterocycles. The molecule has 3 heteroatoms. The fraction of sp³-hybridized carbons (Fsp3) is 0. The Balaban J connectivity index is 3.41. The summed E-state index contributed by atoms with van der Waals surface area (Å²) in [6.07, 6.45) is 5.07. The summed E-state index contributed by atoms with van der Waals surface area (Å²) in [7, 11) is 0. The number of thiazole rings is 1. The highest BCUT2D eigenvalue weighted by Crippen LogP contribution is 1.74. The van der Waals surface area contributed by atoms with Crippen molar-refractivity contribution in [3.63, 3.8) is 0 Å². The van der Waals surface area contributed by atoms with Crippen LogP contribution >= 0.6 is 11.3 Å². The van der Waals surface area contributed by atoms with Crippen LogP contribution < -0.4 is 15.6 Å². The van der Waals surface area contributed by atoms with Gasteiger partial charge in [0.15, 0.2) is 0 Å². The first-order valence-electron chi connectivity index (χ1n) is 2.82. The van der Waals surface area contributed by atoms with E-state index in [0.29, 0.717) is 0 Å². The Morgan fingerprint density at radius 3 is 3.10 bits per heavy atom. The lowest BCUT2D eigenvalue weighted by Gasteiger charge is -1.71. The Hall–Kier alpha value is -1.09. The van der Waals surface area contributed by atoms with Crippen molar-refractivity contribution in [3.8, 4) is 0 Å². The third kappa shape index (κ3) is 1.25. The first kappa shape index (κ1) is 7.02. The van der Waals surface area contributed by atoms with E-state index in [2.05, 4.69) is 11.6 Å². The minimum Gasteiger partial charge on any atom is -0.403 e. The Morgan fingerprint density at radius 2 is 2.50 bits per heavy atom. The van der Waals surface area contributed by atoms with E-state index in [1.807, 2.05) is 6.08 Å². The molecule has 0 spiro atoms. The van der Waals surface area contributed by atoms with Crippen molar-refractivity contribution in [2.24, 2.45) is 5.73 Å². The minimum absolute atomic E-state index is 0.891. The smallest absolute Gasteiger partial charge is 0.0826 e. The van der Waals surface area contributed by atoms with Crippen LogP contribution in [0.1, 0.15) is 0 Å². The minimum atomic E-state index is 0.891. The summed E-state index contributed by atoms with van der Waals surface area (Å²) in [5.74, 6) is 0. The van der Waals surface area contributed by atoms with Crippen LogP contribution in [0.2, 0.25) is 0 Å². The van der Waals surface area contributed by atoms with E-state index in [-0.39, 0.29) is 0 Å². The maximum atomic E-state index is 5.32. The van der Waals surface area contributed by atoms with Crippen molar-refractivity contribution in [2.75, 3.05) is 0 Å². The number of nitrogens with two attached hydrogens (primary N) is 1. The van der Waals surface area contributed by atoms with Gasteiger partial charge in [-0.15, -0.1) is 11.3 Å². The van der Waals surface area contributed by atoms with Gasteiger partial charge in [-0.2, -0.15) is 0 Å². The molecule has 1 aromatic heterocycles. The van der Waals surface area contributed by atoms with Crippen LogP contribution in [0.4, 0.5) is 0 Å². The second-order valence-electron chi connectivity index (χ2n) is 1.67. The molecule has 1 rings (SSSR count). The molecule has 0 amide bonds. The quantitative estimate of drug-likeness (QED) is 0.605. The second kappa shape index (κ2) is 3.17. The standard InChI is InChI=1S/C7H8N2S/c1-2-3-6-7(4-8)10-5-9-6/h2-5H,1,8H2/b6-3+,7-4+. The van der Waals surface area contributed by atoms with E-state index < -0.39 is 0 Å². The zero-order chi connectivity index (χ0) is 7.40. The van der Waals surface area contributed by atoms with Crippen LogP contribution in [-0.4, -0.2) is 4.98 Å². The highest BCUT2D eigenvalue weighted by Gasteiger charge is 1.82. The number of aromatic nitrogens is 1. The molecule has 0 saturated heterocycles. The SMILES string of the molecule is C=C/C=c1/ncs/c1=C/N. The largest absolute Gasteiger partial charge is 0.403 e. The zero-order valence-electron chi connectivity index (χ0n) is 5.45. The molecule has 0 fully saturated rings. The van der Waals surface area contributed by atoms with Crippen LogP contribution in [-0.2, 0) is 0 Å². The van der Waals surface area contributed by atoms with Crippen LogP contribution in [0, 0.1) is 0 Å². The molecular weight excluding hydrogens is 144 g/mol. The van der Waals surface area contributed by atoms with Crippen molar-refractivity contribution in [3.05, 3.63) is 28.0 Å². The van der Waals surface area contributed by atoms with Crippen molar-refractivity contribution in [1.29, 1.82) is 0 Å². The van der Waals surface area contributed by atoms with Crippen LogP contribution in [0.15, 0.2) is 18.2 Å². The first-order chi connectivity index (χ1) is 4.88. The maximum absolute atomic E-state index is 5.32. The summed E-state index contributed by atoms with van der Waals surface area (Å²) in [5.41, 5.74) is 7.07. The van der Waals surface area contributed by atoms with Crippen LogP contribution in [0.5, 0.6) is 0 Å². The molecule has 0 aliphatic heterocycles. The molecule has 0 aromatic carbocycles. The highest BCUT2D eigenvalue weighted by molar-refractivity contribution is 7.07. The summed E-state index contributed by atoms with van der Waals surface area (Å²) in [6.45, 7) is 3.57. The van der Waals surface area contributed by atoms with E-state index in [4.69, 9.17) is 5.73 Å². The summed E-state index contributed by atoms with van der Waals surface area (Å²) in [6, 6.07) is 0. The van der Waals surface area contributed by atoms with Crippen molar-refractivity contribution in [1.82, 2.24) is 4.98 Å². The lowest BCUT2D eigenvalue weighted by molar-refractivity contribution is 1.32. The molecule has 10 heavy (non-hydrogen) atoms. The molecule has 0 aliphatic carbocycles. The Morgan fingerprint density at radius 1 is 1.70 bits per heavy atom. The Bertz CT molecular complexity index is 324. The average molecular weight is 152 g/mol. The molecule has 52 valence electrons. The van der Waals surface area contributed by atoms with Crippen molar-refractivity contribution in [2.45, 2.75) is 0 Å². The van der Waals surface area contributed by atoms with Crippen LogP contribution in [0.25, 0.3) is 12.3 Å². The zero-order valence-corrected chi connectivity index (χ0v) is 6.27. The highest BCUT2D eigenvalue weighted by atomic mass is 32.1. The lowest BCUT2D eigenvalue weighted by atomic mass is 10.5. The fourth-order valence-electron chi connectivity index (χ4n) is 0.625. The fourth-order valence-corrected chi connectivity index (χ4v) is 1.23. The lowest BCUT2D eigenvalue weighted by Crippen LogP contribution is -2.21. The van der Waals surface area contributed by atoms with Gasteiger partial charge in [0.25, 0.3) is 0 Å². The van der Waals surface area contributed by atoms with Gasteiger partial charge in [0.2, 0.25) is 0 Å². The van der Waals surface area contributed by atoms with Gasteiger partial charge >= 0.3 is 0 Å². The number of hydrogen-bond acceptors (Lipinski definition) is 3. The molecule has 0 atom stereocenters. The molecule has 2 nitrogen and oxygen atoms in total. The van der Waals surface area contributed by atoms with Gasteiger partial charge in [-0.25, -0.2) is 4.98 Å². The molecular formula is C7H8N2S. The van der Waals surface area contributed by atoms with E-state index in [1.165, 1.54) is 11.3 Å². The van der Waals surface area contributed by atoms with Gasteiger partial charge in [-0.1, -0.05) is 12.7 Å². The summed E-state index contributed by atoms with van der Waals surface area (Å²) >= 11 is 1.52. The van der Waals surface area contributed by atoms with E-state index in [1.54, 1.807) is 17.8 Å². The van der Waals surface area contributed by atoms with E-state index in [0.717, 1.165) is 9.88 Å². The average Bonchev–Trinajstić information content (AvgIpc) is 2.36. The number of hydrogen-bond donors (Lipinski definition) is 1. The monoisotopic (exact) mass is 152 g/mol. The van der Waals surface area contributed by atoms with Gasteiger partial charge in [0.05, 0.1) is 15.4 Å². The van der Waals surface area contributed by atoms with Gasteiger partial charge in [0.1, 0.15) is 0 Å². The van der Waals surface area contributed by atoms with Gasteiger partial charge in [-0.05, 0) is 6.08 Å². The normalized spacial score (nSPS) is 14.0. The molecule has 0 aliphatic rings.